The first-order valence-corrected chi connectivity index (χ1v) is 6.87. The van der Waals surface area contributed by atoms with E-state index in [0.29, 0.717) is 0 Å². The molecule has 96 valence electrons. The number of nitrogens with zero attached hydrogens (tertiary/aromatic N) is 1. The molecule has 2 rings (SSSR count). The number of halogens is 1. The molecule has 1 aromatic carbocycles. The van der Waals surface area contributed by atoms with Crippen molar-refractivity contribution in [3.63, 3.8) is 0 Å². The summed E-state index contributed by atoms with van der Waals surface area (Å²) in [4.78, 5) is 4.75. The van der Waals surface area contributed by atoms with Crippen LogP contribution in [0.5, 0.6) is 0 Å². The van der Waals surface area contributed by atoms with Gasteiger partial charge in [-0.1, -0.05) is 31.0 Å². The topological polar surface area (TPSA) is 24.9 Å². The van der Waals surface area contributed by atoms with Gasteiger partial charge in [0, 0.05) is 17.0 Å². The molecular weight excluding hydrogens is 244 g/mol. The number of fused-ring (bicyclic) bond motifs is 1. The number of hydrogen-bond donors (Lipinski definition) is 1. The summed E-state index contributed by atoms with van der Waals surface area (Å²) in [5.41, 5.74) is 3.41. The Morgan fingerprint density at radius 2 is 2.06 bits per heavy atom. The van der Waals surface area contributed by atoms with Crippen molar-refractivity contribution in [3.8, 4) is 0 Å². The molecule has 0 aliphatic rings. The largest absolute Gasteiger partial charge is 0.370 e. The number of pyridine rings is 1. The molecule has 0 aliphatic carbocycles. The van der Waals surface area contributed by atoms with Crippen LogP contribution in [0.4, 0.5) is 5.82 Å². The number of benzene rings is 1. The molecule has 0 atom stereocenters. The molecule has 3 heteroatoms. The second kappa shape index (κ2) is 5.57. The van der Waals surface area contributed by atoms with E-state index >= 15 is 0 Å². The Morgan fingerprint density at radius 1 is 1.28 bits per heavy atom. The van der Waals surface area contributed by atoms with Crippen LogP contribution >= 0.6 is 11.6 Å². The minimum Gasteiger partial charge on any atom is -0.370 e. The van der Waals surface area contributed by atoms with Crippen LogP contribution < -0.4 is 5.32 Å². The fourth-order valence-corrected chi connectivity index (χ4v) is 2.39. The molecule has 0 saturated carbocycles. The second-order valence-electron chi connectivity index (χ2n) is 4.54. The Morgan fingerprint density at radius 3 is 2.72 bits per heavy atom. The van der Waals surface area contributed by atoms with E-state index < -0.39 is 0 Å². The average molecular weight is 263 g/mol. The van der Waals surface area contributed by atoms with Gasteiger partial charge in [0.15, 0.2) is 0 Å². The van der Waals surface area contributed by atoms with Crippen LogP contribution in [0.2, 0.25) is 5.02 Å². The summed E-state index contributed by atoms with van der Waals surface area (Å²) in [5, 5.41) is 5.18. The highest BCUT2D eigenvalue weighted by Crippen LogP contribution is 2.29. The zero-order valence-electron chi connectivity index (χ0n) is 11.2. The SMILES string of the molecule is CCCc1cc2c(Cl)ccc(C)c2nc1NCC. The normalized spacial score (nSPS) is 10.9. The minimum atomic E-state index is 0.781. The lowest BCUT2D eigenvalue weighted by atomic mass is 10.1. The molecule has 0 radical (unpaired) electrons. The molecule has 0 saturated heterocycles. The molecule has 1 aromatic heterocycles. The zero-order valence-corrected chi connectivity index (χ0v) is 11.9. The summed E-state index contributed by atoms with van der Waals surface area (Å²) in [6, 6.07) is 6.15. The molecule has 2 aromatic rings. The summed E-state index contributed by atoms with van der Waals surface area (Å²) < 4.78 is 0. The number of aryl methyl sites for hydroxylation is 2. The molecule has 1 heterocycles. The van der Waals surface area contributed by atoms with E-state index in [1.807, 2.05) is 12.1 Å². The molecule has 0 spiro atoms. The van der Waals surface area contributed by atoms with E-state index in [0.717, 1.165) is 46.7 Å². The number of nitrogens with one attached hydrogen (secondary N) is 1. The molecule has 2 nitrogen and oxygen atoms in total. The smallest absolute Gasteiger partial charge is 0.129 e. The van der Waals surface area contributed by atoms with Crippen LogP contribution in [-0.2, 0) is 6.42 Å². The van der Waals surface area contributed by atoms with Crippen LogP contribution in [0.15, 0.2) is 18.2 Å². The fourth-order valence-electron chi connectivity index (χ4n) is 2.18. The van der Waals surface area contributed by atoms with E-state index in [4.69, 9.17) is 16.6 Å². The van der Waals surface area contributed by atoms with Crippen molar-refractivity contribution in [2.75, 3.05) is 11.9 Å². The third-order valence-corrected chi connectivity index (χ3v) is 3.41. The molecule has 0 fully saturated rings. The van der Waals surface area contributed by atoms with Gasteiger partial charge in [0.05, 0.1) is 5.52 Å². The van der Waals surface area contributed by atoms with Crippen molar-refractivity contribution >= 4 is 28.3 Å². The van der Waals surface area contributed by atoms with Gasteiger partial charge in [-0.15, -0.1) is 0 Å². The number of rotatable bonds is 4. The van der Waals surface area contributed by atoms with Crippen LogP contribution in [0, 0.1) is 6.92 Å². The first-order chi connectivity index (χ1) is 8.67. The monoisotopic (exact) mass is 262 g/mol. The Labute approximate surface area is 113 Å². The van der Waals surface area contributed by atoms with Gasteiger partial charge in [-0.3, -0.25) is 0 Å². The van der Waals surface area contributed by atoms with Gasteiger partial charge < -0.3 is 5.32 Å². The lowest BCUT2D eigenvalue weighted by Crippen LogP contribution is -2.04. The van der Waals surface area contributed by atoms with E-state index in [9.17, 15) is 0 Å². The van der Waals surface area contributed by atoms with Crippen LogP contribution in [0.25, 0.3) is 10.9 Å². The highest BCUT2D eigenvalue weighted by atomic mass is 35.5. The van der Waals surface area contributed by atoms with Crippen LogP contribution in [0.3, 0.4) is 0 Å². The molecule has 0 unspecified atom stereocenters. The van der Waals surface area contributed by atoms with Crippen LogP contribution in [0.1, 0.15) is 31.4 Å². The fraction of sp³-hybridized carbons (Fsp3) is 0.400. The predicted molar refractivity (Wildman–Crippen MR) is 79.6 cm³/mol. The average Bonchev–Trinajstić information content (AvgIpc) is 2.36. The minimum absolute atomic E-state index is 0.781. The highest BCUT2D eigenvalue weighted by molar-refractivity contribution is 6.35. The maximum absolute atomic E-state index is 6.27. The van der Waals surface area contributed by atoms with E-state index in [1.165, 1.54) is 5.56 Å². The molecule has 1 N–H and O–H groups in total. The highest BCUT2D eigenvalue weighted by Gasteiger charge is 2.09. The first-order valence-electron chi connectivity index (χ1n) is 6.50. The van der Waals surface area contributed by atoms with Crippen molar-refractivity contribution in [3.05, 3.63) is 34.3 Å². The summed E-state index contributed by atoms with van der Waals surface area (Å²) in [6.07, 6.45) is 2.13. The van der Waals surface area contributed by atoms with Gasteiger partial charge in [-0.25, -0.2) is 4.98 Å². The van der Waals surface area contributed by atoms with Crippen molar-refractivity contribution in [2.24, 2.45) is 0 Å². The Bertz CT molecular complexity index is 513. The van der Waals surface area contributed by atoms with E-state index in [2.05, 4.69) is 32.2 Å². The van der Waals surface area contributed by atoms with Crippen molar-refractivity contribution in [1.29, 1.82) is 0 Å². The predicted octanol–water partition coefficient (Wildman–Crippen LogP) is 4.58. The first kappa shape index (κ1) is 13.2. The van der Waals surface area contributed by atoms with Gasteiger partial charge in [0.1, 0.15) is 5.82 Å². The maximum Gasteiger partial charge on any atom is 0.129 e. The summed E-state index contributed by atoms with van der Waals surface area (Å²) in [7, 11) is 0. The molecule has 0 aliphatic heterocycles. The van der Waals surface area contributed by atoms with Crippen molar-refractivity contribution in [2.45, 2.75) is 33.6 Å². The van der Waals surface area contributed by atoms with Crippen molar-refractivity contribution in [1.82, 2.24) is 4.98 Å². The second-order valence-corrected chi connectivity index (χ2v) is 4.94. The molecule has 0 bridgehead atoms. The van der Waals surface area contributed by atoms with E-state index in [1.54, 1.807) is 0 Å². The van der Waals surface area contributed by atoms with Gasteiger partial charge in [0.2, 0.25) is 0 Å². The maximum atomic E-state index is 6.27. The van der Waals surface area contributed by atoms with E-state index in [-0.39, 0.29) is 0 Å². The number of hydrogen-bond acceptors (Lipinski definition) is 2. The molecule has 0 amide bonds. The van der Waals surface area contributed by atoms with Gasteiger partial charge in [0.25, 0.3) is 0 Å². The summed E-state index contributed by atoms with van der Waals surface area (Å²) in [6.45, 7) is 7.22. The van der Waals surface area contributed by atoms with Gasteiger partial charge >= 0.3 is 0 Å². The molecule has 18 heavy (non-hydrogen) atoms. The summed E-state index contributed by atoms with van der Waals surface area (Å²) >= 11 is 6.27. The number of aromatic nitrogens is 1. The number of anilines is 1. The standard InChI is InChI=1S/C15H19ClN2/c1-4-6-11-9-12-13(16)8-7-10(3)14(12)18-15(11)17-5-2/h7-9H,4-6H2,1-3H3,(H,17,18). The Hall–Kier alpha value is -1.28. The zero-order chi connectivity index (χ0) is 13.1. The lowest BCUT2D eigenvalue weighted by molar-refractivity contribution is 0.916. The third-order valence-electron chi connectivity index (χ3n) is 3.08. The Kier molecular flexibility index (Phi) is 4.07. The van der Waals surface area contributed by atoms with Crippen molar-refractivity contribution < 1.29 is 0 Å². The van der Waals surface area contributed by atoms with Crippen LogP contribution in [-0.4, -0.2) is 11.5 Å². The van der Waals surface area contributed by atoms with Gasteiger partial charge in [-0.05, 0) is 43.5 Å². The summed E-state index contributed by atoms with van der Waals surface area (Å²) in [5.74, 6) is 0.997. The quantitative estimate of drug-likeness (QED) is 0.872. The van der Waals surface area contributed by atoms with Gasteiger partial charge in [-0.2, -0.15) is 0 Å². The lowest BCUT2D eigenvalue weighted by Gasteiger charge is -2.13. The molecular formula is C15H19ClN2. The Balaban J connectivity index is 2.67. The third kappa shape index (κ3) is 2.44.